The minimum absolute atomic E-state index is 0.0136. The molecule has 288 valence electrons. The average Bonchev–Trinajstić information content (AvgIpc) is 3.88. The number of methoxy groups -OCH3 is 1. The molecule has 12 heteroatoms. The fourth-order valence-electron chi connectivity index (χ4n) is 9.30. The Bertz CT molecular complexity index is 2260. The lowest BCUT2D eigenvalue weighted by Crippen LogP contribution is -2.51. The van der Waals surface area contributed by atoms with Crippen LogP contribution in [0.15, 0.2) is 114 Å². The van der Waals surface area contributed by atoms with Gasteiger partial charge in [0.1, 0.15) is 5.75 Å². The second-order valence-corrected chi connectivity index (χ2v) is 20.4. The molecule has 11 nitrogen and oxygen atoms in total. The van der Waals surface area contributed by atoms with Crippen molar-refractivity contribution in [2.24, 2.45) is 11.0 Å². The molecule has 1 unspecified atom stereocenters. The summed E-state index contributed by atoms with van der Waals surface area (Å²) in [7, 11) is 1.08. The summed E-state index contributed by atoms with van der Waals surface area (Å²) in [5, 5.41) is 26.8. The Balaban J connectivity index is 1.17. The fraction of sp³-hybridized carbons (Fsp3) is 0.341. The summed E-state index contributed by atoms with van der Waals surface area (Å²) in [5.74, 6) is 0.0804. The number of aromatic nitrogens is 3. The predicted octanol–water partition coefficient (Wildman–Crippen LogP) is 6.22. The van der Waals surface area contributed by atoms with E-state index in [9.17, 15) is 14.7 Å². The van der Waals surface area contributed by atoms with Crippen LogP contribution in [0.5, 0.6) is 5.75 Å². The molecule has 4 aromatic carbocycles. The van der Waals surface area contributed by atoms with Crippen LogP contribution < -0.4 is 19.8 Å². The number of hydrazone groups is 1. The van der Waals surface area contributed by atoms with Gasteiger partial charge in [-0.2, -0.15) is 5.10 Å². The largest absolute Gasteiger partial charge is 0.497 e. The van der Waals surface area contributed by atoms with Gasteiger partial charge in [0.05, 0.1) is 56.6 Å². The number of aliphatic hydroxyl groups is 1. The van der Waals surface area contributed by atoms with Crippen molar-refractivity contribution in [3.05, 3.63) is 132 Å². The molecule has 0 saturated carbocycles. The van der Waals surface area contributed by atoms with Crippen LogP contribution >= 0.6 is 0 Å². The first kappa shape index (κ1) is 37.5. The van der Waals surface area contributed by atoms with Crippen molar-refractivity contribution in [2.45, 2.75) is 69.0 Å². The van der Waals surface area contributed by atoms with Crippen LogP contribution in [0.3, 0.4) is 0 Å². The van der Waals surface area contributed by atoms with Crippen LogP contribution in [0.4, 0.5) is 11.4 Å². The molecule has 1 aromatic heterocycles. The van der Waals surface area contributed by atoms with Crippen molar-refractivity contribution >= 4 is 42.2 Å². The molecule has 0 radical (unpaired) electrons. The summed E-state index contributed by atoms with van der Waals surface area (Å²) in [6.07, 6.45) is 3.07. The van der Waals surface area contributed by atoms with Crippen LogP contribution in [0.2, 0.25) is 18.6 Å². The van der Waals surface area contributed by atoms with Gasteiger partial charge < -0.3 is 19.5 Å². The predicted molar refractivity (Wildman–Crippen MR) is 219 cm³/mol. The van der Waals surface area contributed by atoms with E-state index < -0.39 is 13.7 Å². The van der Waals surface area contributed by atoms with Gasteiger partial charge in [0.15, 0.2) is 5.60 Å². The van der Waals surface area contributed by atoms with Gasteiger partial charge in [0.2, 0.25) is 5.91 Å². The molecule has 1 N–H and O–H groups in total. The van der Waals surface area contributed by atoms with Gasteiger partial charge in [-0.25, -0.2) is 5.01 Å². The molecule has 4 heterocycles. The normalized spacial score (nSPS) is 22.8. The number of fused-ring (bicyclic) bond motifs is 2. The van der Waals surface area contributed by atoms with Gasteiger partial charge in [-0.05, 0) is 53.4 Å². The maximum atomic E-state index is 14.8. The van der Waals surface area contributed by atoms with Crippen LogP contribution in [0, 0.1) is 5.92 Å². The van der Waals surface area contributed by atoms with E-state index in [1.807, 2.05) is 102 Å². The minimum Gasteiger partial charge on any atom is -0.497 e. The lowest BCUT2D eigenvalue weighted by molar-refractivity contribution is -0.145. The summed E-state index contributed by atoms with van der Waals surface area (Å²) in [5.41, 5.74) is 4.36. The zero-order chi connectivity index (χ0) is 39.2. The second-order valence-electron chi connectivity index (χ2n) is 15.7. The lowest BCUT2D eigenvalue weighted by Gasteiger charge is -2.37. The number of nitrogens with zero attached hydrogens (tertiary/aromatic N) is 6. The van der Waals surface area contributed by atoms with Crippen molar-refractivity contribution < 1.29 is 24.2 Å². The van der Waals surface area contributed by atoms with Gasteiger partial charge in [0, 0.05) is 44.1 Å². The Morgan fingerprint density at radius 1 is 0.964 bits per heavy atom. The molecule has 1 fully saturated rings. The van der Waals surface area contributed by atoms with E-state index in [1.165, 1.54) is 10.2 Å². The fourth-order valence-corrected chi connectivity index (χ4v) is 13.4. The second kappa shape index (κ2) is 14.9. The van der Waals surface area contributed by atoms with Crippen molar-refractivity contribution in [3.63, 3.8) is 0 Å². The molecular formula is C44H48N6O5Si. The highest BCUT2D eigenvalue weighted by atomic mass is 28.3. The van der Waals surface area contributed by atoms with E-state index in [0.29, 0.717) is 37.2 Å². The molecule has 3 aliphatic rings. The van der Waals surface area contributed by atoms with Gasteiger partial charge >= 0.3 is 0 Å². The Labute approximate surface area is 328 Å². The maximum absolute atomic E-state index is 14.8. The number of benzene rings is 4. The Morgan fingerprint density at radius 3 is 2.38 bits per heavy atom. The van der Waals surface area contributed by atoms with Gasteiger partial charge in [-0.1, -0.05) is 103 Å². The third-order valence-electron chi connectivity index (χ3n) is 12.3. The van der Waals surface area contributed by atoms with Crippen LogP contribution in [-0.2, 0) is 26.5 Å². The van der Waals surface area contributed by atoms with E-state index in [4.69, 9.17) is 14.6 Å². The van der Waals surface area contributed by atoms with Gasteiger partial charge in [-0.15, -0.1) is 5.10 Å². The number of carbonyl (C=O) groups excluding carboxylic acids is 2. The summed E-state index contributed by atoms with van der Waals surface area (Å²) >= 11 is 0. The number of hydrogen-bond acceptors (Lipinski definition) is 8. The van der Waals surface area contributed by atoms with Crippen molar-refractivity contribution in [3.8, 4) is 5.75 Å². The zero-order valence-corrected chi connectivity index (χ0v) is 33.5. The first-order valence-electron chi connectivity index (χ1n) is 19.3. The molecule has 5 atom stereocenters. The SMILES string of the molecule is COc1ccc([Si](C)(C)[C@H]2[C@H](CCn3cc(C(CO)c4ccccc4)nn3)O[C@@]3(C(=O)N(C)c4ccc(N5N=C(c6ccccc6)CCC5=O)cc43)[C@@H]2C)cc1. The number of likely N-dealkylation sites (N-methyl/N-ethyl adjacent to an activating group) is 1. The summed E-state index contributed by atoms with van der Waals surface area (Å²) in [6, 6.07) is 33.8. The Morgan fingerprint density at radius 2 is 1.68 bits per heavy atom. The maximum Gasteiger partial charge on any atom is 0.264 e. The molecule has 3 aliphatic heterocycles. The number of ether oxygens (including phenoxy) is 2. The molecule has 2 amide bonds. The molecule has 1 spiro atoms. The van der Waals surface area contributed by atoms with E-state index >= 15 is 0 Å². The number of aliphatic hydroxyl groups excluding tert-OH is 1. The monoisotopic (exact) mass is 768 g/mol. The number of hydrogen-bond donors (Lipinski definition) is 1. The molecular weight excluding hydrogens is 721 g/mol. The van der Waals surface area contributed by atoms with E-state index in [2.05, 4.69) is 42.5 Å². The van der Waals surface area contributed by atoms with E-state index in [0.717, 1.165) is 33.8 Å². The van der Waals surface area contributed by atoms with Gasteiger partial charge in [0.25, 0.3) is 5.91 Å². The highest BCUT2D eigenvalue weighted by Crippen LogP contribution is 2.60. The third-order valence-corrected chi connectivity index (χ3v) is 16.6. The topological polar surface area (TPSA) is 122 Å². The molecule has 1 saturated heterocycles. The third kappa shape index (κ3) is 6.35. The van der Waals surface area contributed by atoms with Crippen molar-refractivity contribution in [1.29, 1.82) is 0 Å². The first-order chi connectivity index (χ1) is 27.1. The number of rotatable bonds is 11. The highest BCUT2D eigenvalue weighted by Gasteiger charge is 2.65. The molecule has 5 aromatic rings. The molecule has 56 heavy (non-hydrogen) atoms. The summed E-state index contributed by atoms with van der Waals surface area (Å²) < 4.78 is 14.6. The first-order valence-corrected chi connectivity index (χ1v) is 22.4. The Kier molecular flexibility index (Phi) is 9.98. The molecule has 0 aliphatic carbocycles. The van der Waals surface area contributed by atoms with Gasteiger partial charge in [-0.3, -0.25) is 14.3 Å². The lowest BCUT2D eigenvalue weighted by atomic mass is 9.82. The van der Waals surface area contributed by atoms with Crippen molar-refractivity contribution in [1.82, 2.24) is 15.0 Å². The molecule has 0 bridgehead atoms. The summed E-state index contributed by atoms with van der Waals surface area (Å²) in [6.45, 7) is 7.30. The molecule has 8 rings (SSSR count). The highest BCUT2D eigenvalue weighted by molar-refractivity contribution is 6.91. The van der Waals surface area contributed by atoms with E-state index in [1.54, 1.807) is 19.1 Å². The number of amides is 2. The van der Waals surface area contributed by atoms with Crippen LogP contribution in [0.1, 0.15) is 54.5 Å². The van der Waals surface area contributed by atoms with E-state index in [-0.39, 0.29) is 41.9 Å². The minimum atomic E-state index is -2.39. The number of aryl methyl sites for hydroxylation is 1. The van der Waals surface area contributed by atoms with Crippen molar-refractivity contribution in [2.75, 3.05) is 30.7 Å². The summed E-state index contributed by atoms with van der Waals surface area (Å²) in [4.78, 5) is 29.9. The Hall–Kier alpha value is -5.43. The smallest absolute Gasteiger partial charge is 0.264 e. The average molecular weight is 769 g/mol. The van der Waals surface area contributed by atoms with Crippen LogP contribution in [0.25, 0.3) is 0 Å². The van der Waals surface area contributed by atoms with Crippen LogP contribution in [-0.4, -0.2) is 72.6 Å². The number of anilines is 2. The standard InChI is InChI=1S/C44H48N6O5Si/c1-29-42(56(4,5)34-19-17-33(54-3)18-20-34)40(24-25-49-27-38(45-47-49)35(28-51)30-12-8-6-9-13-30)55-44(29)36-26-32(16-22-39(36)48(2)43(44)53)50-41(52)23-21-37(46-50)31-14-10-7-11-15-31/h6-20,22,26-27,29,35,40,42,51H,21,23-25,28H2,1-5H3/t29-,35?,40+,42-,44+/m1/s1. The quantitative estimate of drug-likeness (QED) is 0.158. The number of carbonyl (C=O) groups is 2. The zero-order valence-electron chi connectivity index (χ0n) is 32.5.